The van der Waals surface area contributed by atoms with E-state index >= 15 is 4.39 Å². The van der Waals surface area contributed by atoms with Crippen molar-refractivity contribution in [2.75, 3.05) is 0 Å². The van der Waals surface area contributed by atoms with Crippen molar-refractivity contribution in [3.63, 3.8) is 0 Å². The highest BCUT2D eigenvalue weighted by Gasteiger charge is 2.24. The van der Waals surface area contributed by atoms with Crippen molar-refractivity contribution in [3.8, 4) is 119 Å². The molecule has 0 bridgehead atoms. The number of rotatable bonds is 12. The summed E-state index contributed by atoms with van der Waals surface area (Å²) in [7, 11) is 0. The number of nitrogens with zero attached hydrogens (tertiary/aromatic N) is 12. The first-order valence-electron chi connectivity index (χ1n) is 47.7. The van der Waals surface area contributed by atoms with Crippen LogP contribution in [0.5, 0.6) is 0 Å². The lowest BCUT2D eigenvalue weighted by molar-refractivity contribution is 0.627. The van der Waals surface area contributed by atoms with E-state index in [-0.39, 0.29) is 5.82 Å². The zero-order valence-electron chi connectivity index (χ0n) is 76.2. The van der Waals surface area contributed by atoms with E-state index in [1.54, 1.807) is 0 Å². The lowest BCUT2D eigenvalue weighted by Gasteiger charge is -2.14. The third-order valence-electron chi connectivity index (χ3n) is 28.4. The molecule has 12 nitrogen and oxygen atoms in total. The summed E-state index contributed by atoms with van der Waals surface area (Å²) < 4.78 is 22.0. The van der Waals surface area contributed by atoms with E-state index in [0.717, 1.165) is 151 Å². The second kappa shape index (κ2) is 33.1. The molecule has 0 saturated carbocycles. The Morgan fingerprint density at radius 1 is 0.176 bits per heavy atom. The number of aromatic nitrogens is 12. The molecule has 12 heterocycles. The minimum atomic E-state index is -0.359. The lowest BCUT2D eigenvalue weighted by Crippen LogP contribution is -1.96. The maximum Gasteiger partial charge on any atom is 0.127 e. The standard InChI is InChI=1S/C43H25FN4.2C43H26N4/c44-30-24-37(26-15-19-31(20-16-26)48-39-11-2-1-8-34(39)43-40(48)12-5-23-45-43)47-38(25-30)36-10-4-9-35(46-36)32-21-17-29-14-13-27-6-3-7-28-18-22-33(32)42(29)41(27)28;1-2-16-40-33(11-1)34-23-24-44-26-41(34)47(40)31-10-4-9-30(25-31)36-12-5-14-38(45-36)39-15-6-13-37(46-39)32-21-19-29-18-17-27-7-3-8-28-20-22-35(32)43(29)42(27)28;1-2-13-40-33(8-1)35-26-44-25-24-41(35)47(40)31-20-16-27(17-21-31)36-9-4-11-38(45-36)39-12-5-10-37(46-39)32-22-18-30-15-14-28-6-3-7-29-19-23-34(32)43(30)42(28)29/h1-25H;2*1-26H. The molecule has 0 aliphatic rings. The molecule has 0 spiro atoms. The molecule has 0 saturated heterocycles. The van der Waals surface area contributed by atoms with Crippen molar-refractivity contribution in [3.05, 3.63) is 474 Å². The molecular weight excluding hydrogens is 1740 g/mol. The molecule has 13 heteroatoms. The zero-order valence-corrected chi connectivity index (χ0v) is 76.2. The van der Waals surface area contributed by atoms with Gasteiger partial charge in [0.25, 0.3) is 0 Å². The first-order valence-corrected chi connectivity index (χ1v) is 47.7. The van der Waals surface area contributed by atoms with Crippen LogP contribution in [-0.2, 0) is 0 Å². The molecule has 30 rings (SSSR count). The fraction of sp³-hybridized carbons (Fsp3) is 0. The summed E-state index contributed by atoms with van der Waals surface area (Å²) in [5, 5.41) is 28.4. The van der Waals surface area contributed by atoms with Crippen molar-refractivity contribution < 1.29 is 4.39 Å². The van der Waals surface area contributed by atoms with Gasteiger partial charge in [-0.25, -0.2) is 34.3 Å². The zero-order chi connectivity index (χ0) is 93.6. The van der Waals surface area contributed by atoms with Crippen LogP contribution in [0.1, 0.15) is 0 Å². The van der Waals surface area contributed by atoms with Gasteiger partial charge in [0.15, 0.2) is 0 Å². The van der Waals surface area contributed by atoms with Gasteiger partial charge in [-0.05, 0) is 236 Å². The number of para-hydroxylation sites is 3. The predicted octanol–water partition coefficient (Wildman–Crippen LogP) is 32.7. The molecule has 660 valence electrons. The summed E-state index contributed by atoms with van der Waals surface area (Å²) in [5.41, 5.74) is 26.6. The second-order valence-electron chi connectivity index (χ2n) is 36.4. The van der Waals surface area contributed by atoms with Crippen LogP contribution >= 0.6 is 0 Å². The Kier molecular flexibility index (Phi) is 18.9. The largest absolute Gasteiger partial charge is 0.309 e. The molecule has 142 heavy (non-hydrogen) atoms. The monoisotopic (exact) mass is 1810 g/mol. The number of hydrogen-bond acceptors (Lipinski definition) is 9. The topological polar surface area (TPSA) is 131 Å². The smallest absolute Gasteiger partial charge is 0.127 e. The maximum atomic E-state index is 15.2. The number of hydrogen-bond donors (Lipinski definition) is 0. The van der Waals surface area contributed by atoms with Crippen molar-refractivity contribution in [2.24, 2.45) is 0 Å². The molecule has 0 unspecified atom stereocenters. The molecule has 0 N–H and O–H groups in total. The molecule has 0 atom stereocenters. The van der Waals surface area contributed by atoms with E-state index in [1.807, 2.05) is 116 Å². The summed E-state index contributed by atoms with van der Waals surface area (Å²) in [5.74, 6) is -0.359. The summed E-state index contributed by atoms with van der Waals surface area (Å²) in [6.07, 6.45) is 9.43. The highest BCUT2D eigenvalue weighted by molar-refractivity contribution is 6.28. The summed E-state index contributed by atoms with van der Waals surface area (Å²) in [6.45, 7) is 0. The van der Waals surface area contributed by atoms with Gasteiger partial charge in [0.1, 0.15) is 5.82 Å². The molecule has 0 amide bonds. The van der Waals surface area contributed by atoms with Crippen LogP contribution in [0.25, 0.3) is 281 Å². The molecule has 0 aliphatic heterocycles. The second-order valence-corrected chi connectivity index (χ2v) is 36.4. The van der Waals surface area contributed by atoms with Gasteiger partial charge >= 0.3 is 0 Å². The van der Waals surface area contributed by atoms with Crippen molar-refractivity contribution in [1.82, 2.24) is 58.6 Å². The summed E-state index contributed by atoms with van der Waals surface area (Å²) >= 11 is 0. The van der Waals surface area contributed by atoms with Crippen LogP contribution in [0.3, 0.4) is 0 Å². The van der Waals surface area contributed by atoms with Gasteiger partial charge in [-0.1, -0.05) is 285 Å². The van der Waals surface area contributed by atoms with Crippen molar-refractivity contribution >= 4 is 163 Å². The molecular formula is C129H77FN12. The number of benzene rings is 18. The molecule has 18 aromatic carbocycles. The van der Waals surface area contributed by atoms with Crippen LogP contribution in [0.2, 0.25) is 0 Å². The Labute approximate surface area is 812 Å². The Balaban J connectivity index is 0.000000104. The first kappa shape index (κ1) is 81.1. The van der Waals surface area contributed by atoms with Crippen LogP contribution in [0.15, 0.2) is 468 Å². The van der Waals surface area contributed by atoms with E-state index in [9.17, 15) is 0 Å². The highest BCUT2D eigenvalue weighted by atomic mass is 19.1. The SMILES string of the molecule is Fc1cc(-c2ccc(-n3c4ccccc4c4ncccc43)cc2)nc(-c2cccc(-c3ccc4ccc5cccc6ccc3c4c56)n2)c1.c1cc(-c2ccc(-n3c4ccccc4c4cnccc43)cc2)nc(-c2cccc(-c3ccc4ccc5cccc6ccc3c4c56)n2)c1.c1cc(-c2cccc(-c3cccc(-c4ccc5ccc6cccc7ccc4c5c67)n3)n2)cc(-n2c3ccccc3c3ccncc32)c1. The Morgan fingerprint density at radius 2 is 0.514 bits per heavy atom. The molecule has 12 aromatic heterocycles. The van der Waals surface area contributed by atoms with Gasteiger partial charge in [-0.3, -0.25) is 15.0 Å². The van der Waals surface area contributed by atoms with Gasteiger partial charge in [0, 0.05) is 114 Å². The molecule has 0 fully saturated rings. The van der Waals surface area contributed by atoms with Gasteiger partial charge in [-0.15, -0.1) is 0 Å². The predicted molar refractivity (Wildman–Crippen MR) is 582 cm³/mol. The number of fused-ring (bicyclic) bond motifs is 9. The van der Waals surface area contributed by atoms with E-state index in [0.29, 0.717) is 17.1 Å². The average molecular weight is 1810 g/mol. The van der Waals surface area contributed by atoms with Gasteiger partial charge in [-0.2, -0.15) is 0 Å². The number of pyridine rings is 9. The van der Waals surface area contributed by atoms with Crippen molar-refractivity contribution in [2.45, 2.75) is 0 Å². The normalized spacial score (nSPS) is 11.8. The van der Waals surface area contributed by atoms with E-state index in [2.05, 4.69) is 368 Å². The van der Waals surface area contributed by atoms with E-state index < -0.39 is 0 Å². The Morgan fingerprint density at radius 3 is 1.02 bits per heavy atom. The van der Waals surface area contributed by atoms with E-state index in [4.69, 9.17) is 29.9 Å². The Hall–Kier alpha value is -19.2. The van der Waals surface area contributed by atoms with E-state index in [1.165, 1.54) is 125 Å². The van der Waals surface area contributed by atoms with Gasteiger partial charge < -0.3 is 13.7 Å². The third-order valence-corrected chi connectivity index (χ3v) is 28.4. The minimum Gasteiger partial charge on any atom is -0.309 e. The van der Waals surface area contributed by atoms with Crippen molar-refractivity contribution in [1.29, 1.82) is 0 Å². The van der Waals surface area contributed by atoms with Gasteiger partial charge in [0.05, 0.1) is 113 Å². The summed E-state index contributed by atoms with van der Waals surface area (Å²) in [4.78, 5) is 44.0. The molecule has 0 aliphatic carbocycles. The first-order chi connectivity index (χ1) is 70.3. The van der Waals surface area contributed by atoms with Crippen LogP contribution in [0, 0.1) is 5.82 Å². The molecule has 0 radical (unpaired) electrons. The number of halogens is 1. The fourth-order valence-corrected chi connectivity index (χ4v) is 21.9. The highest BCUT2D eigenvalue weighted by Crippen LogP contribution is 2.46. The Bertz CT molecular complexity index is 10100. The minimum absolute atomic E-state index is 0.359. The fourth-order valence-electron chi connectivity index (χ4n) is 21.9. The maximum absolute atomic E-state index is 15.2. The van der Waals surface area contributed by atoms with Crippen LogP contribution < -0.4 is 0 Å². The third kappa shape index (κ3) is 13.5. The van der Waals surface area contributed by atoms with Crippen LogP contribution in [-0.4, -0.2) is 58.6 Å². The van der Waals surface area contributed by atoms with Gasteiger partial charge in [0.2, 0.25) is 0 Å². The van der Waals surface area contributed by atoms with Crippen LogP contribution in [0.4, 0.5) is 4.39 Å². The average Bonchev–Trinajstić information content (AvgIpc) is 1.33. The quantitative estimate of drug-likeness (QED) is 0.110. The molecule has 30 aromatic rings. The summed E-state index contributed by atoms with van der Waals surface area (Å²) in [6, 6.07) is 152. The lowest BCUT2D eigenvalue weighted by atomic mass is 9.91.